The van der Waals surface area contributed by atoms with Crippen molar-refractivity contribution in [3.8, 4) is 0 Å². The van der Waals surface area contributed by atoms with E-state index in [9.17, 15) is 5.11 Å². The third-order valence-electron chi connectivity index (χ3n) is 3.70. The maximum absolute atomic E-state index is 9.77. The second-order valence-corrected chi connectivity index (χ2v) is 5.22. The minimum Gasteiger partial charge on any atom is -0.393 e. The van der Waals surface area contributed by atoms with E-state index in [0.29, 0.717) is 5.92 Å². The molecule has 1 heteroatoms. The van der Waals surface area contributed by atoms with E-state index in [2.05, 4.69) is 32.0 Å². The van der Waals surface area contributed by atoms with Gasteiger partial charge < -0.3 is 5.11 Å². The number of benzene rings is 1. The molecule has 1 aliphatic rings. The van der Waals surface area contributed by atoms with E-state index in [1.54, 1.807) is 0 Å². The molecule has 16 heavy (non-hydrogen) atoms. The van der Waals surface area contributed by atoms with Crippen LogP contribution in [0.15, 0.2) is 18.2 Å². The van der Waals surface area contributed by atoms with Crippen LogP contribution in [0, 0.1) is 19.8 Å². The summed E-state index contributed by atoms with van der Waals surface area (Å²) in [6, 6.07) is 6.69. The minimum atomic E-state index is -0.0356. The molecule has 0 amide bonds. The largest absolute Gasteiger partial charge is 0.393 e. The SMILES string of the molecule is Cc1ccc(CCCC(O)C2CC2)cc1C. The molecule has 1 fully saturated rings. The van der Waals surface area contributed by atoms with E-state index in [0.717, 1.165) is 19.3 Å². The van der Waals surface area contributed by atoms with Crippen LogP contribution in [0.3, 0.4) is 0 Å². The van der Waals surface area contributed by atoms with Gasteiger partial charge in [-0.05, 0) is 68.6 Å². The van der Waals surface area contributed by atoms with Gasteiger partial charge in [0.05, 0.1) is 6.10 Å². The van der Waals surface area contributed by atoms with Crippen molar-refractivity contribution in [2.75, 3.05) is 0 Å². The van der Waals surface area contributed by atoms with Gasteiger partial charge in [-0.1, -0.05) is 18.2 Å². The molecule has 0 bridgehead atoms. The average molecular weight is 218 g/mol. The van der Waals surface area contributed by atoms with Gasteiger partial charge in [-0.2, -0.15) is 0 Å². The van der Waals surface area contributed by atoms with Crippen molar-refractivity contribution in [1.29, 1.82) is 0 Å². The Bertz CT molecular complexity index is 352. The van der Waals surface area contributed by atoms with Crippen molar-refractivity contribution in [3.05, 3.63) is 34.9 Å². The zero-order valence-electron chi connectivity index (χ0n) is 10.4. The van der Waals surface area contributed by atoms with Crippen LogP contribution in [0.1, 0.15) is 42.4 Å². The van der Waals surface area contributed by atoms with E-state index >= 15 is 0 Å². The van der Waals surface area contributed by atoms with Crippen LogP contribution in [0.2, 0.25) is 0 Å². The first-order chi connectivity index (χ1) is 7.66. The summed E-state index contributed by atoms with van der Waals surface area (Å²) in [6.07, 6.45) is 5.63. The van der Waals surface area contributed by atoms with Gasteiger partial charge in [0, 0.05) is 0 Å². The molecule has 0 heterocycles. The van der Waals surface area contributed by atoms with E-state index < -0.39 is 0 Å². The number of hydrogen-bond acceptors (Lipinski definition) is 1. The summed E-state index contributed by atoms with van der Waals surface area (Å²) in [7, 11) is 0. The molecule has 1 saturated carbocycles. The number of hydrogen-bond donors (Lipinski definition) is 1. The predicted molar refractivity (Wildman–Crippen MR) is 67.6 cm³/mol. The first-order valence-electron chi connectivity index (χ1n) is 6.41. The van der Waals surface area contributed by atoms with Gasteiger partial charge in [-0.3, -0.25) is 0 Å². The molecule has 2 rings (SSSR count). The van der Waals surface area contributed by atoms with Crippen LogP contribution in [0.4, 0.5) is 0 Å². The molecular weight excluding hydrogens is 196 g/mol. The molecule has 1 N–H and O–H groups in total. The number of rotatable bonds is 5. The van der Waals surface area contributed by atoms with Gasteiger partial charge in [0.25, 0.3) is 0 Å². The van der Waals surface area contributed by atoms with Gasteiger partial charge in [0.2, 0.25) is 0 Å². The van der Waals surface area contributed by atoms with E-state index in [1.807, 2.05) is 0 Å². The van der Waals surface area contributed by atoms with Crippen LogP contribution in [-0.2, 0) is 6.42 Å². The van der Waals surface area contributed by atoms with Crippen LogP contribution in [0.25, 0.3) is 0 Å². The Kier molecular flexibility index (Phi) is 3.65. The third kappa shape index (κ3) is 3.08. The zero-order valence-corrected chi connectivity index (χ0v) is 10.4. The summed E-state index contributed by atoms with van der Waals surface area (Å²) in [4.78, 5) is 0. The Morgan fingerprint density at radius 2 is 2.00 bits per heavy atom. The number of aliphatic hydroxyl groups is 1. The highest BCUT2D eigenvalue weighted by atomic mass is 16.3. The van der Waals surface area contributed by atoms with Gasteiger partial charge in [-0.15, -0.1) is 0 Å². The van der Waals surface area contributed by atoms with Gasteiger partial charge in [-0.25, -0.2) is 0 Å². The third-order valence-corrected chi connectivity index (χ3v) is 3.70. The van der Waals surface area contributed by atoms with Gasteiger partial charge in [0.15, 0.2) is 0 Å². The van der Waals surface area contributed by atoms with Crippen molar-refractivity contribution < 1.29 is 5.11 Å². The fraction of sp³-hybridized carbons (Fsp3) is 0.600. The Morgan fingerprint density at radius 1 is 1.25 bits per heavy atom. The van der Waals surface area contributed by atoms with Crippen LogP contribution < -0.4 is 0 Å². The molecule has 0 aromatic heterocycles. The van der Waals surface area contributed by atoms with Crippen molar-refractivity contribution in [3.63, 3.8) is 0 Å². The summed E-state index contributed by atoms with van der Waals surface area (Å²) < 4.78 is 0. The Morgan fingerprint density at radius 3 is 2.62 bits per heavy atom. The second kappa shape index (κ2) is 5.01. The van der Waals surface area contributed by atoms with Crippen molar-refractivity contribution in [1.82, 2.24) is 0 Å². The molecule has 1 unspecified atom stereocenters. The Hall–Kier alpha value is -0.820. The van der Waals surface area contributed by atoms with Crippen molar-refractivity contribution in [2.45, 2.75) is 52.1 Å². The topological polar surface area (TPSA) is 20.2 Å². The standard InChI is InChI=1S/C15H22O/c1-11-6-7-13(10-12(11)2)4-3-5-15(16)14-8-9-14/h6-7,10,14-16H,3-5,8-9H2,1-2H3. The van der Waals surface area contributed by atoms with Crippen LogP contribution in [0.5, 0.6) is 0 Å². The molecule has 88 valence electrons. The molecule has 0 saturated heterocycles. The highest BCUT2D eigenvalue weighted by Gasteiger charge is 2.28. The molecular formula is C15H22O. The minimum absolute atomic E-state index is 0.0356. The summed E-state index contributed by atoms with van der Waals surface area (Å²) in [5.41, 5.74) is 4.15. The van der Waals surface area contributed by atoms with E-state index in [1.165, 1.54) is 29.5 Å². The summed E-state index contributed by atoms with van der Waals surface area (Å²) in [5, 5.41) is 9.77. The lowest BCUT2D eigenvalue weighted by Crippen LogP contribution is -2.09. The first-order valence-corrected chi connectivity index (χ1v) is 6.41. The molecule has 1 atom stereocenters. The molecule has 1 aromatic carbocycles. The lowest BCUT2D eigenvalue weighted by Gasteiger charge is -2.09. The molecule has 0 spiro atoms. The number of aliphatic hydroxyl groups excluding tert-OH is 1. The zero-order chi connectivity index (χ0) is 11.5. The van der Waals surface area contributed by atoms with Crippen LogP contribution >= 0.6 is 0 Å². The maximum Gasteiger partial charge on any atom is 0.0568 e. The normalized spacial score (nSPS) is 17.4. The highest BCUT2D eigenvalue weighted by Crippen LogP contribution is 2.34. The summed E-state index contributed by atoms with van der Waals surface area (Å²) in [6.45, 7) is 4.31. The average Bonchev–Trinajstić information content (AvgIpc) is 3.07. The lowest BCUT2D eigenvalue weighted by molar-refractivity contribution is 0.139. The van der Waals surface area contributed by atoms with Crippen molar-refractivity contribution >= 4 is 0 Å². The van der Waals surface area contributed by atoms with E-state index in [-0.39, 0.29) is 6.10 Å². The fourth-order valence-corrected chi connectivity index (χ4v) is 2.19. The molecule has 1 aromatic rings. The summed E-state index contributed by atoms with van der Waals surface area (Å²) >= 11 is 0. The Balaban J connectivity index is 1.78. The second-order valence-electron chi connectivity index (χ2n) is 5.22. The monoisotopic (exact) mass is 218 g/mol. The van der Waals surface area contributed by atoms with Gasteiger partial charge in [0.1, 0.15) is 0 Å². The van der Waals surface area contributed by atoms with Gasteiger partial charge >= 0.3 is 0 Å². The smallest absolute Gasteiger partial charge is 0.0568 e. The molecule has 1 aliphatic carbocycles. The molecule has 1 nitrogen and oxygen atoms in total. The fourth-order valence-electron chi connectivity index (χ4n) is 2.19. The molecule has 0 radical (unpaired) electrons. The summed E-state index contributed by atoms with van der Waals surface area (Å²) in [5.74, 6) is 0.625. The highest BCUT2D eigenvalue weighted by molar-refractivity contribution is 5.29. The number of aryl methyl sites for hydroxylation is 3. The lowest BCUT2D eigenvalue weighted by atomic mass is 10.0. The van der Waals surface area contributed by atoms with E-state index in [4.69, 9.17) is 0 Å². The molecule has 0 aliphatic heterocycles. The van der Waals surface area contributed by atoms with Crippen molar-refractivity contribution in [2.24, 2.45) is 5.92 Å². The Labute approximate surface area is 98.5 Å². The maximum atomic E-state index is 9.77. The predicted octanol–water partition coefficient (Wildman–Crippen LogP) is 3.40. The quantitative estimate of drug-likeness (QED) is 0.803. The van der Waals surface area contributed by atoms with Crippen LogP contribution in [-0.4, -0.2) is 11.2 Å². The first kappa shape index (κ1) is 11.7.